The molecule has 2 N–H and O–H groups in total. The van der Waals surface area contributed by atoms with E-state index in [2.05, 4.69) is 15.2 Å². The van der Waals surface area contributed by atoms with Crippen LogP contribution >= 0.6 is 0 Å². The molecule has 1 aliphatic rings. The van der Waals surface area contributed by atoms with E-state index >= 15 is 0 Å². The lowest BCUT2D eigenvalue weighted by atomic mass is 10.0. The topological polar surface area (TPSA) is 86.5 Å². The number of likely N-dealkylation sites (tertiary alicyclic amines) is 1. The second-order valence-corrected chi connectivity index (χ2v) is 7.26. The average Bonchev–Trinajstić information content (AvgIpc) is 3.24. The monoisotopic (exact) mass is 353 g/mol. The summed E-state index contributed by atoms with van der Waals surface area (Å²) >= 11 is 0. The molecule has 4 heterocycles. The summed E-state index contributed by atoms with van der Waals surface area (Å²) in [6.45, 7) is 6.66. The van der Waals surface area contributed by atoms with E-state index < -0.39 is 6.10 Å². The van der Waals surface area contributed by atoms with Crippen LogP contribution in [0.3, 0.4) is 0 Å². The SMILES string of the molecule is Cc1ccn2c(C(=O)N3C[C@@H](Cc4cc(C)[nH]n4)[C@@H](O)C3)c(C)nc2c1. The van der Waals surface area contributed by atoms with Gasteiger partial charge < -0.3 is 10.0 Å². The van der Waals surface area contributed by atoms with Gasteiger partial charge in [0.1, 0.15) is 11.3 Å². The average molecular weight is 353 g/mol. The van der Waals surface area contributed by atoms with Crippen molar-refractivity contribution in [2.24, 2.45) is 5.92 Å². The minimum Gasteiger partial charge on any atom is -0.391 e. The molecule has 2 atom stereocenters. The molecule has 26 heavy (non-hydrogen) atoms. The Morgan fingerprint density at radius 1 is 1.31 bits per heavy atom. The fraction of sp³-hybridized carbons (Fsp3) is 0.421. The van der Waals surface area contributed by atoms with Crippen molar-refractivity contribution in [3.63, 3.8) is 0 Å². The van der Waals surface area contributed by atoms with Crippen molar-refractivity contribution in [1.82, 2.24) is 24.5 Å². The van der Waals surface area contributed by atoms with E-state index in [0.29, 0.717) is 30.9 Å². The Labute approximate surface area is 151 Å². The van der Waals surface area contributed by atoms with Crippen molar-refractivity contribution in [2.45, 2.75) is 33.3 Å². The number of hydrogen-bond donors (Lipinski definition) is 2. The van der Waals surface area contributed by atoms with Gasteiger partial charge in [0.15, 0.2) is 0 Å². The first-order chi connectivity index (χ1) is 12.4. The standard InChI is InChI=1S/C19H23N5O2/c1-11-4-5-24-17(6-11)20-13(3)18(24)19(26)23-9-14(16(25)10-23)8-15-7-12(2)21-22-15/h4-7,14,16,25H,8-10H2,1-3H3,(H,21,22)/t14-,16+/m1/s1. The number of aryl methyl sites for hydroxylation is 3. The maximum absolute atomic E-state index is 13.1. The highest BCUT2D eigenvalue weighted by atomic mass is 16.3. The number of nitrogens with one attached hydrogen (secondary N) is 1. The molecule has 1 aliphatic heterocycles. The quantitative estimate of drug-likeness (QED) is 0.750. The van der Waals surface area contributed by atoms with Crippen LogP contribution in [-0.2, 0) is 6.42 Å². The molecular formula is C19H23N5O2. The highest BCUT2D eigenvalue weighted by Gasteiger charge is 2.36. The van der Waals surface area contributed by atoms with Gasteiger partial charge >= 0.3 is 0 Å². The number of β-amino-alcohol motifs (C(OH)–C–C–N with tert-alkyl or cyclic N) is 1. The van der Waals surface area contributed by atoms with E-state index in [9.17, 15) is 9.90 Å². The third-order valence-corrected chi connectivity index (χ3v) is 5.08. The van der Waals surface area contributed by atoms with Crippen molar-refractivity contribution in [1.29, 1.82) is 0 Å². The number of aromatic amines is 1. The molecule has 3 aromatic rings. The molecule has 7 nitrogen and oxygen atoms in total. The van der Waals surface area contributed by atoms with Gasteiger partial charge in [-0.05, 0) is 51.0 Å². The van der Waals surface area contributed by atoms with E-state index in [1.165, 1.54) is 0 Å². The number of aliphatic hydroxyl groups excluding tert-OH is 1. The second kappa shape index (κ2) is 6.25. The molecule has 0 saturated carbocycles. The Balaban J connectivity index is 1.57. The third kappa shape index (κ3) is 2.88. The molecule has 3 aromatic heterocycles. The van der Waals surface area contributed by atoms with Gasteiger partial charge in [0.2, 0.25) is 0 Å². The predicted octanol–water partition coefficient (Wildman–Crippen LogP) is 1.66. The number of imidazole rings is 1. The Morgan fingerprint density at radius 3 is 2.85 bits per heavy atom. The molecule has 0 radical (unpaired) electrons. The predicted molar refractivity (Wildman–Crippen MR) is 97.1 cm³/mol. The van der Waals surface area contributed by atoms with Crippen LogP contribution in [0.1, 0.15) is 33.1 Å². The maximum Gasteiger partial charge on any atom is 0.272 e. The van der Waals surface area contributed by atoms with Crippen LogP contribution < -0.4 is 0 Å². The molecule has 0 aliphatic carbocycles. The van der Waals surface area contributed by atoms with E-state index in [-0.39, 0.29) is 11.8 Å². The number of carbonyl (C=O) groups is 1. The Kier molecular flexibility index (Phi) is 4.03. The van der Waals surface area contributed by atoms with E-state index in [1.807, 2.05) is 49.6 Å². The molecule has 0 unspecified atom stereocenters. The summed E-state index contributed by atoms with van der Waals surface area (Å²) in [5, 5.41) is 17.6. The molecule has 7 heteroatoms. The largest absolute Gasteiger partial charge is 0.391 e. The fourth-order valence-corrected chi connectivity index (χ4v) is 3.74. The number of amides is 1. The number of aromatic nitrogens is 4. The van der Waals surface area contributed by atoms with Gasteiger partial charge in [0.05, 0.1) is 17.5 Å². The van der Waals surface area contributed by atoms with Crippen molar-refractivity contribution >= 4 is 11.6 Å². The minimum absolute atomic E-state index is 0.0108. The molecule has 0 bridgehead atoms. The number of rotatable bonds is 3. The maximum atomic E-state index is 13.1. The summed E-state index contributed by atoms with van der Waals surface area (Å²) in [5.41, 5.74) is 5.07. The van der Waals surface area contributed by atoms with Crippen LogP contribution in [0.4, 0.5) is 0 Å². The van der Waals surface area contributed by atoms with E-state index in [4.69, 9.17) is 0 Å². The number of pyridine rings is 1. The van der Waals surface area contributed by atoms with Crippen molar-refractivity contribution in [2.75, 3.05) is 13.1 Å². The van der Waals surface area contributed by atoms with E-state index in [1.54, 1.807) is 4.90 Å². The fourth-order valence-electron chi connectivity index (χ4n) is 3.74. The summed E-state index contributed by atoms with van der Waals surface area (Å²) in [6.07, 6.45) is 1.99. The zero-order valence-electron chi connectivity index (χ0n) is 15.2. The Hall–Kier alpha value is -2.67. The molecule has 0 aromatic carbocycles. The van der Waals surface area contributed by atoms with Gasteiger partial charge in [-0.3, -0.25) is 14.3 Å². The van der Waals surface area contributed by atoms with Crippen LogP contribution in [0.15, 0.2) is 24.4 Å². The van der Waals surface area contributed by atoms with Crippen LogP contribution in [0.25, 0.3) is 5.65 Å². The molecule has 1 amide bonds. The summed E-state index contributed by atoms with van der Waals surface area (Å²) in [5.74, 6) is -0.0954. The number of carbonyl (C=O) groups excluding carboxylic acids is 1. The van der Waals surface area contributed by atoms with Gasteiger partial charge in [0, 0.05) is 30.9 Å². The highest BCUT2D eigenvalue weighted by molar-refractivity contribution is 5.95. The Morgan fingerprint density at radius 2 is 2.12 bits per heavy atom. The van der Waals surface area contributed by atoms with Crippen molar-refractivity contribution in [3.8, 4) is 0 Å². The molecule has 1 fully saturated rings. The molecule has 1 saturated heterocycles. The summed E-state index contributed by atoms with van der Waals surface area (Å²) in [6, 6.07) is 5.91. The number of nitrogens with zero attached hydrogens (tertiary/aromatic N) is 4. The third-order valence-electron chi connectivity index (χ3n) is 5.08. The van der Waals surface area contributed by atoms with Gasteiger partial charge in [0.25, 0.3) is 5.91 Å². The van der Waals surface area contributed by atoms with Crippen molar-refractivity contribution in [3.05, 3.63) is 52.7 Å². The number of aliphatic hydroxyl groups is 1. The minimum atomic E-state index is -0.544. The first-order valence-corrected chi connectivity index (χ1v) is 8.86. The van der Waals surface area contributed by atoms with Gasteiger partial charge in [-0.1, -0.05) is 0 Å². The van der Waals surface area contributed by atoms with Gasteiger partial charge in [-0.15, -0.1) is 0 Å². The lowest BCUT2D eigenvalue weighted by Gasteiger charge is -2.16. The van der Waals surface area contributed by atoms with Crippen molar-refractivity contribution < 1.29 is 9.90 Å². The normalized spacial score (nSPS) is 20.2. The zero-order valence-corrected chi connectivity index (χ0v) is 15.2. The summed E-state index contributed by atoms with van der Waals surface area (Å²) < 4.78 is 1.83. The van der Waals surface area contributed by atoms with E-state index in [0.717, 1.165) is 22.6 Å². The molecule has 4 rings (SSSR count). The van der Waals surface area contributed by atoms with Crippen LogP contribution in [0.2, 0.25) is 0 Å². The number of hydrogen-bond acceptors (Lipinski definition) is 4. The smallest absolute Gasteiger partial charge is 0.272 e. The van der Waals surface area contributed by atoms with Gasteiger partial charge in [-0.2, -0.15) is 5.10 Å². The first-order valence-electron chi connectivity index (χ1n) is 8.86. The summed E-state index contributed by atoms with van der Waals surface area (Å²) in [4.78, 5) is 19.3. The second-order valence-electron chi connectivity index (χ2n) is 7.26. The first kappa shape index (κ1) is 16.8. The number of H-pyrrole nitrogens is 1. The molecule has 136 valence electrons. The van der Waals surface area contributed by atoms with Crippen LogP contribution in [0, 0.1) is 26.7 Å². The lowest BCUT2D eigenvalue weighted by Crippen LogP contribution is -2.31. The Bertz CT molecular complexity index is 974. The van der Waals surface area contributed by atoms with Crippen LogP contribution in [-0.4, -0.2) is 54.7 Å². The molecule has 0 spiro atoms. The lowest BCUT2D eigenvalue weighted by molar-refractivity contribution is 0.0757. The number of fused-ring (bicyclic) bond motifs is 1. The van der Waals surface area contributed by atoms with Gasteiger partial charge in [-0.25, -0.2) is 4.98 Å². The molecular weight excluding hydrogens is 330 g/mol. The summed E-state index contributed by atoms with van der Waals surface area (Å²) in [7, 11) is 0. The van der Waals surface area contributed by atoms with Crippen LogP contribution in [0.5, 0.6) is 0 Å². The zero-order chi connectivity index (χ0) is 18.4. The highest BCUT2D eigenvalue weighted by Crippen LogP contribution is 2.24.